The predicted octanol–water partition coefficient (Wildman–Crippen LogP) is 3.14. The average molecular weight is 290 g/mol. The highest BCUT2D eigenvalue weighted by Gasteiger charge is 2.18. The zero-order valence-electron chi connectivity index (χ0n) is 11.8. The molecule has 20 heavy (non-hydrogen) atoms. The van der Waals surface area contributed by atoms with Gasteiger partial charge in [-0.05, 0) is 55.9 Å². The van der Waals surface area contributed by atoms with E-state index in [2.05, 4.69) is 27.7 Å². The van der Waals surface area contributed by atoms with E-state index in [1.165, 1.54) is 43.8 Å². The number of hydrogen-bond acceptors (Lipinski definition) is 4. The topological polar surface area (TPSA) is 28.4 Å². The lowest BCUT2D eigenvalue weighted by atomic mass is 10.0. The molecule has 1 fully saturated rings. The summed E-state index contributed by atoms with van der Waals surface area (Å²) in [6, 6.07) is 9.00. The van der Waals surface area contributed by atoms with Crippen LogP contribution < -0.4 is 5.32 Å². The van der Waals surface area contributed by atoms with Crippen molar-refractivity contribution in [1.29, 1.82) is 0 Å². The van der Waals surface area contributed by atoms with Crippen LogP contribution in [0, 0.1) is 0 Å². The molecule has 1 saturated heterocycles. The first-order valence-corrected chi connectivity index (χ1v) is 8.28. The molecule has 1 aliphatic heterocycles. The van der Waals surface area contributed by atoms with Gasteiger partial charge >= 0.3 is 0 Å². The fraction of sp³-hybridized carbons (Fsp3) is 0.500. The number of hydrogen-bond donors (Lipinski definition) is 1. The van der Waals surface area contributed by atoms with E-state index in [4.69, 9.17) is 4.42 Å². The third-order valence-electron chi connectivity index (χ3n) is 3.99. The molecular formula is C16H22N2OS. The Morgan fingerprint density at radius 2 is 2.15 bits per heavy atom. The Balaban J connectivity index is 1.34. The summed E-state index contributed by atoms with van der Waals surface area (Å²) in [6.45, 7) is 4.47. The van der Waals surface area contributed by atoms with Gasteiger partial charge in [0.1, 0.15) is 5.76 Å². The lowest BCUT2D eigenvalue weighted by molar-refractivity contribution is 0.198. The fourth-order valence-corrected chi connectivity index (χ4v) is 3.44. The number of rotatable bonds is 6. The number of nitrogens with one attached hydrogen (secondary N) is 1. The second kappa shape index (κ2) is 7.07. The average Bonchev–Trinajstić information content (AvgIpc) is 3.17. The van der Waals surface area contributed by atoms with Crippen LogP contribution in [0.3, 0.4) is 0 Å². The van der Waals surface area contributed by atoms with Gasteiger partial charge in [0.2, 0.25) is 0 Å². The molecule has 3 heterocycles. The van der Waals surface area contributed by atoms with Crippen LogP contribution in [0.25, 0.3) is 0 Å². The van der Waals surface area contributed by atoms with E-state index in [1.54, 1.807) is 6.26 Å². The van der Waals surface area contributed by atoms with Gasteiger partial charge < -0.3 is 14.6 Å². The maximum atomic E-state index is 5.35. The third kappa shape index (κ3) is 3.95. The second-order valence-electron chi connectivity index (χ2n) is 5.41. The van der Waals surface area contributed by atoms with E-state index in [-0.39, 0.29) is 0 Å². The molecule has 0 amide bonds. The zero-order chi connectivity index (χ0) is 13.6. The van der Waals surface area contributed by atoms with Crippen molar-refractivity contribution in [3.05, 3.63) is 46.5 Å². The van der Waals surface area contributed by atoms with Crippen LogP contribution in [0.5, 0.6) is 0 Å². The fourth-order valence-electron chi connectivity index (χ4n) is 2.74. The van der Waals surface area contributed by atoms with Crippen molar-refractivity contribution < 1.29 is 4.42 Å². The molecule has 3 rings (SSSR count). The molecule has 2 aromatic heterocycles. The summed E-state index contributed by atoms with van der Waals surface area (Å²) >= 11 is 1.87. The van der Waals surface area contributed by atoms with Crippen molar-refractivity contribution in [2.75, 3.05) is 19.6 Å². The van der Waals surface area contributed by atoms with Gasteiger partial charge in [-0.1, -0.05) is 6.07 Å². The summed E-state index contributed by atoms with van der Waals surface area (Å²) in [5.74, 6) is 1.03. The molecule has 0 radical (unpaired) electrons. The molecule has 1 N–H and O–H groups in total. The van der Waals surface area contributed by atoms with Gasteiger partial charge in [0, 0.05) is 17.5 Å². The summed E-state index contributed by atoms with van der Waals surface area (Å²) in [4.78, 5) is 4.09. The number of piperidine rings is 1. The van der Waals surface area contributed by atoms with E-state index in [1.807, 2.05) is 23.5 Å². The number of nitrogens with zero attached hydrogens (tertiary/aromatic N) is 1. The SMILES string of the molecule is c1coc(CNC2CCN(CCc3cccs3)CC2)c1. The highest BCUT2D eigenvalue weighted by molar-refractivity contribution is 7.09. The highest BCUT2D eigenvalue weighted by atomic mass is 32.1. The maximum absolute atomic E-state index is 5.35. The minimum Gasteiger partial charge on any atom is -0.468 e. The first kappa shape index (κ1) is 13.9. The minimum atomic E-state index is 0.637. The molecule has 0 unspecified atom stereocenters. The molecule has 0 aliphatic carbocycles. The van der Waals surface area contributed by atoms with E-state index >= 15 is 0 Å². The van der Waals surface area contributed by atoms with Gasteiger partial charge in [-0.3, -0.25) is 0 Å². The van der Waals surface area contributed by atoms with Crippen LogP contribution in [0.2, 0.25) is 0 Å². The van der Waals surface area contributed by atoms with E-state index in [0.717, 1.165) is 12.3 Å². The van der Waals surface area contributed by atoms with Crippen LogP contribution in [0.4, 0.5) is 0 Å². The van der Waals surface area contributed by atoms with Gasteiger partial charge in [0.25, 0.3) is 0 Å². The van der Waals surface area contributed by atoms with Crippen molar-refractivity contribution in [3.63, 3.8) is 0 Å². The minimum absolute atomic E-state index is 0.637. The Labute approximate surface area is 124 Å². The van der Waals surface area contributed by atoms with E-state index in [9.17, 15) is 0 Å². The highest BCUT2D eigenvalue weighted by Crippen LogP contribution is 2.14. The second-order valence-corrected chi connectivity index (χ2v) is 6.44. The predicted molar refractivity (Wildman–Crippen MR) is 83.0 cm³/mol. The van der Waals surface area contributed by atoms with Crippen LogP contribution >= 0.6 is 11.3 Å². The molecule has 0 aromatic carbocycles. The Morgan fingerprint density at radius 3 is 2.85 bits per heavy atom. The molecule has 108 valence electrons. The summed E-state index contributed by atoms with van der Waals surface area (Å²) in [5.41, 5.74) is 0. The van der Waals surface area contributed by atoms with Gasteiger partial charge in [0.15, 0.2) is 0 Å². The quantitative estimate of drug-likeness (QED) is 0.886. The first-order valence-electron chi connectivity index (χ1n) is 7.40. The molecule has 1 aliphatic rings. The summed E-state index contributed by atoms with van der Waals surface area (Å²) in [7, 11) is 0. The molecule has 0 bridgehead atoms. The number of thiophene rings is 1. The van der Waals surface area contributed by atoms with Crippen LogP contribution in [-0.4, -0.2) is 30.6 Å². The van der Waals surface area contributed by atoms with Crippen molar-refractivity contribution in [1.82, 2.24) is 10.2 Å². The zero-order valence-corrected chi connectivity index (χ0v) is 12.6. The molecule has 4 heteroatoms. The van der Waals surface area contributed by atoms with Crippen LogP contribution in [0.1, 0.15) is 23.5 Å². The normalized spacial score (nSPS) is 17.6. The largest absolute Gasteiger partial charge is 0.468 e. The Morgan fingerprint density at radius 1 is 1.25 bits per heavy atom. The van der Waals surface area contributed by atoms with Crippen molar-refractivity contribution in [2.45, 2.75) is 31.8 Å². The van der Waals surface area contributed by atoms with Gasteiger partial charge in [0.05, 0.1) is 12.8 Å². The summed E-state index contributed by atoms with van der Waals surface area (Å²) < 4.78 is 5.35. The molecular weight excluding hydrogens is 268 g/mol. The maximum Gasteiger partial charge on any atom is 0.117 e. The third-order valence-corrected chi connectivity index (χ3v) is 4.92. The van der Waals surface area contributed by atoms with Crippen molar-refractivity contribution >= 4 is 11.3 Å². The van der Waals surface area contributed by atoms with Crippen LogP contribution in [-0.2, 0) is 13.0 Å². The number of likely N-dealkylation sites (tertiary alicyclic amines) is 1. The van der Waals surface area contributed by atoms with Crippen molar-refractivity contribution in [2.24, 2.45) is 0 Å². The molecule has 0 spiro atoms. The number of furan rings is 1. The lowest BCUT2D eigenvalue weighted by Gasteiger charge is -2.32. The Kier molecular flexibility index (Phi) is 4.90. The van der Waals surface area contributed by atoms with Gasteiger partial charge in [-0.25, -0.2) is 0 Å². The Bertz CT molecular complexity index is 426. The molecule has 3 nitrogen and oxygen atoms in total. The lowest BCUT2D eigenvalue weighted by Crippen LogP contribution is -2.42. The standard InChI is InChI=1S/C16H22N2OS/c1-3-15(19-11-1)13-17-14-5-8-18(9-6-14)10-7-16-4-2-12-20-16/h1-4,11-12,14,17H,5-10,13H2. The van der Waals surface area contributed by atoms with Gasteiger partial charge in [-0.15, -0.1) is 11.3 Å². The van der Waals surface area contributed by atoms with Gasteiger partial charge in [-0.2, -0.15) is 0 Å². The first-order chi connectivity index (χ1) is 9.90. The van der Waals surface area contributed by atoms with Crippen LogP contribution in [0.15, 0.2) is 40.3 Å². The van der Waals surface area contributed by atoms with E-state index in [0.29, 0.717) is 6.04 Å². The summed E-state index contributed by atoms with van der Waals surface area (Å²) in [6.07, 6.45) is 5.42. The van der Waals surface area contributed by atoms with Crippen molar-refractivity contribution in [3.8, 4) is 0 Å². The monoisotopic (exact) mass is 290 g/mol. The summed E-state index contributed by atoms with van der Waals surface area (Å²) in [5, 5.41) is 5.76. The molecule has 2 aromatic rings. The van der Waals surface area contributed by atoms with E-state index < -0.39 is 0 Å². The molecule has 0 atom stereocenters. The smallest absolute Gasteiger partial charge is 0.117 e. The Hall–Kier alpha value is -1.10. The molecule has 0 saturated carbocycles.